The van der Waals surface area contributed by atoms with Gasteiger partial charge in [0.1, 0.15) is 11.5 Å². The number of aromatic nitrogens is 4. The van der Waals surface area contributed by atoms with Gasteiger partial charge in [-0.05, 0) is 24.6 Å². The number of fused-ring (bicyclic) bond motifs is 1. The fraction of sp³-hybridized carbons (Fsp3) is 0.200. The number of nitrogen functional groups attached to an aromatic ring is 1. The molecule has 0 aliphatic heterocycles. The van der Waals surface area contributed by atoms with Gasteiger partial charge < -0.3 is 15.8 Å². The van der Waals surface area contributed by atoms with Gasteiger partial charge in [0, 0.05) is 42.0 Å². The molecule has 0 spiro atoms. The second kappa shape index (κ2) is 9.09. The van der Waals surface area contributed by atoms with Gasteiger partial charge in [0.25, 0.3) is 0 Å². The Morgan fingerprint density at radius 3 is 2.90 bits per heavy atom. The van der Waals surface area contributed by atoms with Crippen LogP contribution in [0.1, 0.15) is 21.1 Å². The van der Waals surface area contributed by atoms with E-state index in [1.807, 2.05) is 22.7 Å². The molecule has 0 fully saturated rings. The van der Waals surface area contributed by atoms with Gasteiger partial charge >= 0.3 is 5.97 Å². The van der Waals surface area contributed by atoms with Crippen LogP contribution in [0.4, 0.5) is 11.8 Å². The first kappa shape index (κ1) is 21.4. The molecule has 0 aliphatic carbocycles. The van der Waals surface area contributed by atoms with Crippen molar-refractivity contribution >= 4 is 57.9 Å². The summed E-state index contributed by atoms with van der Waals surface area (Å²) in [6.45, 7) is 0.630. The number of nitrogens with one attached hydrogen (secondary N) is 1. The van der Waals surface area contributed by atoms with Crippen molar-refractivity contribution in [2.45, 2.75) is 12.8 Å². The molecule has 3 heterocycles. The zero-order chi connectivity index (χ0) is 22.0. The van der Waals surface area contributed by atoms with Crippen molar-refractivity contribution in [2.75, 3.05) is 24.7 Å². The predicted octanol–water partition coefficient (Wildman–Crippen LogP) is 4.57. The molecule has 0 aliphatic rings. The summed E-state index contributed by atoms with van der Waals surface area (Å²) in [6, 6.07) is 7.16. The van der Waals surface area contributed by atoms with Crippen LogP contribution in [0.25, 0.3) is 16.9 Å². The number of imidazole rings is 1. The first-order chi connectivity index (χ1) is 15.0. The number of rotatable bonds is 7. The molecule has 0 saturated heterocycles. The second-order valence-corrected chi connectivity index (χ2v) is 8.52. The quantitative estimate of drug-likeness (QED) is 0.297. The number of aryl methyl sites for hydroxylation is 1. The Morgan fingerprint density at radius 1 is 1.29 bits per heavy atom. The number of benzene rings is 1. The van der Waals surface area contributed by atoms with Crippen LogP contribution in [-0.4, -0.2) is 39.0 Å². The molecule has 0 unspecified atom stereocenters. The van der Waals surface area contributed by atoms with Crippen molar-refractivity contribution in [3.8, 4) is 11.3 Å². The summed E-state index contributed by atoms with van der Waals surface area (Å²) < 4.78 is 6.58. The second-order valence-electron chi connectivity index (χ2n) is 6.59. The van der Waals surface area contributed by atoms with Crippen molar-refractivity contribution in [1.82, 2.24) is 19.4 Å². The highest BCUT2D eigenvalue weighted by Gasteiger charge is 2.16. The van der Waals surface area contributed by atoms with Crippen molar-refractivity contribution in [2.24, 2.45) is 0 Å². The van der Waals surface area contributed by atoms with Crippen molar-refractivity contribution < 1.29 is 9.53 Å². The first-order valence-electron chi connectivity index (χ1n) is 9.33. The third-order valence-corrected chi connectivity index (χ3v) is 6.17. The summed E-state index contributed by atoms with van der Waals surface area (Å²) in [6.07, 6.45) is 4.97. The van der Waals surface area contributed by atoms with Crippen LogP contribution >= 0.6 is 34.5 Å². The highest BCUT2D eigenvalue weighted by atomic mass is 35.5. The topological polar surface area (TPSA) is 107 Å². The molecule has 4 aromatic rings. The molecule has 0 atom stereocenters. The lowest BCUT2D eigenvalue weighted by Gasteiger charge is -2.11. The van der Waals surface area contributed by atoms with Crippen LogP contribution in [0.2, 0.25) is 10.0 Å². The van der Waals surface area contributed by atoms with Gasteiger partial charge in [-0.25, -0.2) is 19.7 Å². The van der Waals surface area contributed by atoms with E-state index in [1.54, 1.807) is 18.3 Å². The third-order valence-electron chi connectivity index (χ3n) is 4.52. The maximum absolute atomic E-state index is 11.7. The molecular weight excluding hydrogens is 459 g/mol. The molecule has 1 aromatic carbocycles. The average Bonchev–Trinajstić information content (AvgIpc) is 3.36. The number of hydrogen-bond donors (Lipinski definition) is 2. The van der Waals surface area contributed by atoms with Crippen LogP contribution in [0.15, 0.2) is 36.7 Å². The zero-order valence-corrected chi connectivity index (χ0v) is 18.8. The van der Waals surface area contributed by atoms with Crippen molar-refractivity contribution in [3.05, 3.63) is 56.6 Å². The zero-order valence-electron chi connectivity index (χ0n) is 16.4. The van der Waals surface area contributed by atoms with E-state index < -0.39 is 5.97 Å². The molecule has 4 rings (SSSR count). The normalized spacial score (nSPS) is 11.1. The summed E-state index contributed by atoms with van der Waals surface area (Å²) in [4.78, 5) is 25.4. The molecule has 31 heavy (non-hydrogen) atoms. The molecule has 0 bridgehead atoms. The van der Waals surface area contributed by atoms with E-state index in [-0.39, 0.29) is 5.82 Å². The van der Waals surface area contributed by atoms with E-state index in [0.29, 0.717) is 39.5 Å². The van der Waals surface area contributed by atoms with Gasteiger partial charge in [-0.15, -0.1) is 11.3 Å². The Bertz CT molecular complexity index is 1260. The average molecular weight is 477 g/mol. The van der Waals surface area contributed by atoms with Crippen LogP contribution in [-0.2, 0) is 11.2 Å². The van der Waals surface area contributed by atoms with E-state index in [4.69, 9.17) is 38.7 Å². The third kappa shape index (κ3) is 4.58. The van der Waals surface area contributed by atoms with E-state index in [1.165, 1.54) is 18.4 Å². The number of hydrogen-bond acceptors (Lipinski definition) is 8. The largest absolute Gasteiger partial charge is 0.465 e. The molecular formula is C20H18Cl2N6O2S. The predicted molar refractivity (Wildman–Crippen MR) is 123 cm³/mol. The lowest BCUT2D eigenvalue weighted by Crippen LogP contribution is -2.09. The Kier molecular flexibility index (Phi) is 6.26. The minimum atomic E-state index is -0.469. The fourth-order valence-electron chi connectivity index (χ4n) is 3.05. The van der Waals surface area contributed by atoms with Crippen LogP contribution in [0.5, 0.6) is 0 Å². The number of halogens is 2. The van der Waals surface area contributed by atoms with Gasteiger partial charge in [0.2, 0.25) is 5.95 Å². The number of nitrogens with two attached hydrogens (primary N) is 1. The number of ether oxygens (including phenoxy) is 1. The number of carbonyl (C=O) groups excluding carboxylic acids is 1. The number of carbonyl (C=O) groups is 1. The Hall–Kier alpha value is -2.88. The van der Waals surface area contributed by atoms with Gasteiger partial charge in [-0.1, -0.05) is 23.2 Å². The molecule has 0 amide bonds. The standard InChI is InChI=1S/C20H18Cl2N6O2S/c1-30-19(29)17-18(23)27-16(31-17)3-2-6-25-20-26-14(10-15-24-7-8-28(15)20)12-5-4-11(21)9-13(12)22/h4-5,7-10H,2-3,6,23H2,1H3,(H,25,26). The Labute approximate surface area is 192 Å². The monoisotopic (exact) mass is 476 g/mol. The van der Waals surface area contributed by atoms with E-state index in [2.05, 4.69) is 15.3 Å². The maximum atomic E-state index is 11.7. The van der Waals surface area contributed by atoms with Crippen LogP contribution in [0, 0.1) is 0 Å². The number of esters is 1. The van der Waals surface area contributed by atoms with E-state index >= 15 is 0 Å². The van der Waals surface area contributed by atoms with Gasteiger partial charge in [0.05, 0.1) is 22.8 Å². The highest BCUT2D eigenvalue weighted by molar-refractivity contribution is 7.14. The lowest BCUT2D eigenvalue weighted by atomic mass is 10.1. The molecule has 0 radical (unpaired) electrons. The molecule has 11 heteroatoms. The summed E-state index contributed by atoms with van der Waals surface area (Å²) >= 11 is 13.6. The molecule has 160 valence electrons. The summed E-state index contributed by atoms with van der Waals surface area (Å²) in [5.74, 6) is 0.378. The minimum absolute atomic E-state index is 0.203. The first-order valence-corrected chi connectivity index (χ1v) is 10.9. The lowest BCUT2D eigenvalue weighted by molar-refractivity contribution is 0.0607. The molecule has 3 N–H and O–H groups in total. The maximum Gasteiger partial charge on any atom is 0.351 e. The minimum Gasteiger partial charge on any atom is -0.465 e. The Balaban J connectivity index is 1.48. The smallest absolute Gasteiger partial charge is 0.351 e. The number of thiazole rings is 1. The van der Waals surface area contributed by atoms with Gasteiger partial charge in [-0.2, -0.15) is 0 Å². The number of anilines is 2. The van der Waals surface area contributed by atoms with Crippen LogP contribution in [0.3, 0.4) is 0 Å². The summed E-state index contributed by atoms with van der Waals surface area (Å²) in [5, 5.41) is 5.20. The van der Waals surface area contributed by atoms with Gasteiger partial charge in [-0.3, -0.25) is 4.40 Å². The fourth-order valence-corrected chi connectivity index (χ4v) is 4.50. The molecule has 0 saturated carbocycles. The van der Waals surface area contributed by atoms with Gasteiger partial charge in [0.15, 0.2) is 4.88 Å². The summed E-state index contributed by atoms with van der Waals surface area (Å²) in [5.41, 5.74) is 8.01. The van der Waals surface area contributed by atoms with Crippen LogP contribution < -0.4 is 11.1 Å². The Morgan fingerprint density at radius 2 is 2.13 bits per heavy atom. The number of methoxy groups -OCH3 is 1. The highest BCUT2D eigenvalue weighted by Crippen LogP contribution is 2.30. The van der Waals surface area contributed by atoms with E-state index in [9.17, 15) is 4.79 Å². The van der Waals surface area contributed by atoms with Crippen molar-refractivity contribution in [1.29, 1.82) is 0 Å². The molecule has 3 aromatic heterocycles. The molecule has 8 nitrogen and oxygen atoms in total. The SMILES string of the molecule is COC(=O)c1sc(CCCNc2nc(-c3ccc(Cl)cc3Cl)cc3nccn23)nc1N. The number of nitrogens with zero attached hydrogens (tertiary/aromatic N) is 4. The van der Waals surface area contributed by atoms with E-state index in [0.717, 1.165) is 22.6 Å². The summed E-state index contributed by atoms with van der Waals surface area (Å²) in [7, 11) is 1.32. The van der Waals surface area contributed by atoms with Crippen molar-refractivity contribution in [3.63, 3.8) is 0 Å².